The van der Waals surface area contributed by atoms with Gasteiger partial charge in [-0.1, -0.05) is 22.9 Å². The fourth-order valence-corrected chi connectivity index (χ4v) is 3.13. The second kappa shape index (κ2) is 7.13. The molecule has 1 aromatic heterocycles. The van der Waals surface area contributed by atoms with Crippen LogP contribution in [-0.4, -0.2) is 28.9 Å². The molecule has 1 N–H and O–H groups in total. The Hall–Kier alpha value is -1.88. The molecule has 4 nitrogen and oxygen atoms in total. The van der Waals surface area contributed by atoms with E-state index in [1.54, 1.807) is 12.3 Å². The summed E-state index contributed by atoms with van der Waals surface area (Å²) in [7, 11) is 0. The number of benzene rings is 1. The van der Waals surface area contributed by atoms with E-state index in [2.05, 4.69) is 33.2 Å². The van der Waals surface area contributed by atoms with Crippen LogP contribution in [0.1, 0.15) is 30.1 Å². The van der Waals surface area contributed by atoms with Gasteiger partial charge in [-0.25, -0.2) is 4.98 Å². The van der Waals surface area contributed by atoms with Gasteiger partial charge in [-0.05, 0) is 55.2 Å². The molecule has 0 saturated carbocycles. The maximum atomic E-state index is 12.7. The van der Waals surface area contributed by atoms with E-state index >= 15 is 0 Å². The predicted octanol–water partition coefficient (Wildman–Crippen LogP) is 4.46. The lowest BCUT2D eigenvalue weighted by molar-refractivity contribution is 0.0683. The number of amides is 1. The molecule has 5 heteroatoms. The van der Waals surface area contributed by atoms with E-state index in [0.29, 0.717) is 17.3 Å². The monoisotopic (exact) mass is 373 g/mol. The zero-order valence-electron chi connectivity index (χ0n) is 13.1. The zero-order chi connectivity index (χ0) is 16.2. The summed E-state index contributed by atoms with van der Waals surface area (Å²) < 4.78 is 1.03. The third kappa shape index (κ3) is 4.10. The molecule has 1 unspecified atom stereocenters. The highest BCUT2D eigenvalue weighted by molar-refractivity contribution is 9.10. The maximum Gasteiger partial charge on any atom is 0.254 e. The first-order chi connectivity index (χ1) is 11.1. The number of rotatable bonds is 3. The van der Waals surface area contributed by atoms with Crippen molar-refractivity contribution >= 4 is 33.3 Å². The average molecular weight is 374 g/mol. The lowest BCUT2D eigenvalue weighted by Gasteiger charge is -2.31. The molecule has 1 aromatic carbocycles. The van der Waals surface area contributed by atoms with Crippen LogP contribution in [0.2, 0.25) is 0 Å². The Bertz CT molecular complexity index is 687. The highest BCUT2D eigenvalue weighted by atomic mass is 79.9. The number of nitrogens with one attached hydrogen (secondary N) is 1. The molecule has 120 valence electrons. The number of pyridine rings is 1. The number of hydrogen-bond acceptors (Lipinski definition) is 3. The molecule has 23 heavy (non-hydrogen) atoms. The van der Waals surface area contributed by atoms with Gasteiger partial charge in [0.1, 0.15) is 5.82 Å². The summed E-state index contributed by atoms with van der Waals surface area (Å²) in [6.07, 6.45) is 3.97. The highest BCUT2D eigenvalue weighted by Crippen LogP contribution is 2.21. The van der Waals surface area contributed by atoms with Crippen molar-refractivity contribution in [1.82, 2.24) is 9.88 Å². The molecular formula is C18H20BrN3O. The first-order valence-corrected chi connectivity index (χ1v) is 8.69. The summed E-state index contributed by atoms with van der Waals surface area (Å²) in [5.74, 6) is 1.36. The van der Waals surface area contributed by atoms with Gasteiger partial charge in [0.05, 0.1) is 0 Å². The van der Waals surface area contributed by atoms with Crippen molar-refractivity contribution in [1.29, 1.82) is 0 Å². The van der Waals surface area contributed by atoms with Crippen molar-refractivity contribution in [2.45, 2.75) is 19.8 Å². The van der Waals surface area contributed by atoms with Gasteiger partial charge in [0, 0.05) is 35.0 Å². The third-order valence-corrected chi connectivity index (χ3v) is 4.60. The molecule has 0 aliphatic carbocycles. The Morgan fingerprint density at radius 3 is 2.83 bits per heavy atom. The summed E-state index contributed by atoms with van der Waals surface area (Å²) in [4.78, 5) is 18.9. The van der Waals surface area contributed by atoms with E-state index in [-0.39, 0.29) is 5.91 Å². The van der Waals surface area contributed by atoms with Gasteiger partial charge in [-0.15, -0.1) is 0 Å². The van der Waals surface area contributed by atoms with Gasteiger partial charge in [0.2, 0.25) is 0 Å². The van der Waals surface area contributed by atoms with E-state index in [9.17, 15) is 4.79 Å². The van der Waals surface area contributed by atoms with Crippen LogP contribution in [0.3, 0.4) is 0 Å². The summed E-state index contributed by atoms with van der Waals surface area (Å²) in [5, 5.41) is 3.24. The predicted molar refractivity (Wildman–Crippen MR) is 96.0 cm³/mol. The summed E-state index contributed by atoms with van der Waals surface area (Å²) in [5.41, 5.74) is 1.63. The topological polar surface area (TPSA) is 45.2 Å². The number of aromatic nitrogens is 1. The standard InChI is InChI=1S/C18H20BrN3O/c1-13-3-2-10-22(12-13)18(23)14-8-9-20-17(11-14)21-16-6-4-15(19)5-7-16/h4-9,11,13H,2-3,10,12H2,1H3,(H,20,21). The second-order valence-electron chi connectivity index (χ2n) is 6.06. The van der Waals surface area contributed by atoms with Crippen LogP contribution in [0.15, 0.2) is 47.1 Å². The first kappa shape index (κ1) is 16.0. The van der Waals surface area contributed by atoms with Crippen LogP contribution < -0.4 is 5.32 Å². The van der Waals surface area contributed by atoms with Crippen molar-refractivity contribution in [3.05, 3.63) is 52.6 Å². The number of nitrogens with zero attached hydrogens (tertiary/aromatic N) is 2. The van der Waals surface area contributed by atoms with Gasteiger partial charge in [0.15, 0.2) is 0 Å². The lowest BCUT2D eigenvalue weighted by Crippen LogP contribution is -2.39. The van der Waals surface area contributed by atoms with Crippen LogP contribution >= 0.6 is 15.9 Å². The molecule has 1 atom stereocenters. The number of carbonyl (C=O) groups is 1. The van der Waals surface area contributed by atoms with Crippen molar-refractivity contribution in [3.8, 4) is 0 Å². The van der Waals surface area contributed by atoms with E-state index < -0.39 is 0 Å². The number of hydrogen-bond donors (Lipinski definition) is 1. The Labute approximate surface area is 145 Å². The van der Waals surface area contributed by atoms with E-state index in [4.69, 9.17) is 0 Å². The fraction of sp³-hybridized carbons (Fsp3) is 0.333. The van der Waals surface area contributed by atoms with Crippen LogP contribution in [0.25, 0.3) is 0 Å². The van der Waals surface area contributed by atoms with Crippen LogP contribution in [0, 0.1) is 5.92 Å². The third-order valence-electron chi connectivity index (χ3n) is 4.07. The molecule has 0 spiro atoms. The van der Waals surface area contributed by atoms with Gasteiger partial charge in [-0.2, -0.15) is 0 Å². The number of piperidine rings is 1. The van der Waals surface area contributed by atoms with Crippen molar-refractivity contribution < 1.29 is 4.79 Å². The van der Waals surface area contributed by atoms with E-state index in [1.165, 1.54) is 6.42 Å². The van der Waals surface area contributed by atoms with Gasteiger partial charge < -0.3 is 10.2 Å². The van der Waals surface area contributed by atoms with Crippen molar-refractivity contribution in [2.24, 2.45) is 5.92 Å². The van der Waals surface area contributed by atoms with Crippen LogP contribution in [0.4, 0.5) is 11.5 Å². The number of anilines is 2. The van der Waals surface area contributed by atoms with Gasteiger partial charge in [-0.3, -0.25) is 4.79 Å². The Kier molecular flexibility index (Phi) is 4.96. The SMILES string of the molecule is CC1CCCN(C(=O)c2ccnc(Nc3ccc(Br)cc3)c2)C1. The molecular weight excluding hydrogens is 354 g/mol. The molecule has 3 rings (SSSR count). The Morgan fingerprint density at radius 2 is 2.09 bits per heavy atom. The Balaban J connectivity index is 1.74. The van der Waals surface area contributed by atoms with Crippen molar-refractivity contribution in [3.63, 3.8) is 0 Å². The largest absolute Gasteiger partial charge is 0.340 e. The van der Waals surface area contributed by atoms with E-state index in [0.717, 1.165) is 29.7 Å². The first-order valence-electron chi connectivity index (χ1n) is 7.90. The maximum absolute atomic E-state index is 12.7. The number of likely N-dealkylation sites (tertiary alicyclic amines) is 1. The quantitative estimate of drug-likeness (QED) is 0.863. The minimum atomic E-state index is 0.0952. The zero-order valence-corrected chi connectivity index (χ0v) is 14.7. The van der Waals surface area contributed by atoms with Gasteiger partial charge in [0.25, 0.3) is 5.91 Å². The Morgan fingerprint density at radius 1 is 1.30 bits per heavy atom. The average Bonchev–Trinajstić information content (AvgIpc) is 2.56. The summed E-state index contributed by atoms with van der Waals surface area (Å²) >= 11 is 3.42. The molecule has 0 radical (unpaired) electrons. The minimum Gasteiger partial charge on any atom is -0.340 e. The smallest absolute Gasteiger partial charge is 0.254 e. The molecule has 1 aliphatic heterocycles. The summed E-state index contributed by atoms with van der Waals surface area (Å²) in [6.45, 7) is 3.89. The molecule has 0 bridgehead atoms. The van der Waals surface area contributed by atoms with Crippen LogP contribution in [0.5, 0.6) is 0 Å². The van der Waals surface area contributed by atoms with E-state index in [1.807, 2.05) is 35.2 Å². The minimum absolute atomic E-state index is 0.0952. The number of halogens is 1. The molecule has 2 heterocycles. The highest BCUT2D eigenvalue weighted by Gasteiger charge is 2.22. The van der Waals surface area contributed by atoms with Gasteiger partial charge >= 0.3 is 0 Å². The number of carbonyl (C=O) groups excluding carboxylic acids is 1. The fourth-order valence-electron chi connectivity index (χ4n) is 2.87. The molecule has 1 saturated heterocycles. The molecule has 1 amide bonds. The normalized spacial score (nSPS) is 17.8. The molecule has 2 aromatic rings. The second-order valence-corrected chi connectivity index (χ2v) is 6.98. The van der Waals surface area contributed by atoms with Crippen LogP contribution in [-0.2, 0) is 0 Å². The lowest BCUT2D eigenvalue weighted by atomic mass is 9.99. The molecule has 1 fully saturated rings. The van der Waals surface area contributed by atoms with Crippen molar-refractivity contribution in [2.75, 3.05) is 18.4 Å². The summed E-state index contributed by atoms with van der Waals surface area (Å²) in [6, 6.07) is 11.5. The molecule has 1 aliphatic rings.